The van der Waals surface area contributed by atoms with Crippen LogP contribution in [0.2, 0.25) is 5.02 Å². The average molecular weight is 449 g/mol. The molecule has 0 amide bonds. The van der Waals surface area contributed by atoms with Crippen molar-refractivity contribution >= 4 is 17.2 Å². The summed E-state index contributed by atoms with van der Waals surface area (Å²) in [5, 5.41) is 4.81. The summed E-state index contributed by atoms with van der Waals surface area (Å²) in [5.74, 6) is 0.328. The molecule has 5 rings (SSSR count). The summed E-state index contributed by atoms with van der Waals surface area (Å²) >= 11 is 5.98. The number of aryl methyl sites for hydroxylation is 1. The molecule has 1 aliphatic rings. The molecule has 32 heavy (non-hydrogen) atoms. The third-order valence-electron chi connectivity index (χ3n) is 6.14. The Morgan fingerprint density at radius 1 is 0.938 bits per heavy atom. The molecule has 2 aromatic carbocycles. The van der Waals surface area contributed by atoms with Gasteiger partial charge in [-0.15, -0.1) is 0 Å². The summed E-state index contributed by atoms with van der Waals surface area (Å²) in [7, 11) is 0. The van der Waals surface area contributed by atoms with E-state index in [1.807, 2.05) is 18.2 Å². The summed E-state index contributed by atoms with van der Waals surface area (Å²) in [5.41, 5.74) is 4.96. The number of rotatable bonds is 7. The number of benzene rings is 2. The third kappa shape index (κ3) is 4.69. The first-order chi connectivity index (χ1) is 15.7. The molecule has 0 bridgehead atoms. The van der Waals surface area contributed by atoms with Gasteiger partial charge in [0.25, 0.3) is 0 Å². The standard InChI is InChI=1S/C26H26ClFN4/c27-22-18-21(12-13-23(22)28)24-6-3-7-26-29-25(30-32(24)26)17-20-10-8-19(9-11-20)5-4-16-31-14-1-2-15-31/h3,6-13,18H,1-2,4-5,14-17H2. The van der Waals surface area contributed by atoms with Crippen molar-refractivity contribution in [2.45, 2.75) is 32.1 Å². The molecular formula is C26H26ClFN4. The molecule has 0 aliphatic carbocycles. The predicted molar refractivity (Wildman–Crippen MR) is 127 cm³/mol. The van der Waals surface area contributed by atoms with Crippen molar-refractivity contribution in [3.05, 3.63) is 88.5 Å². The molecule has 4 nitrogen and oxygen atoms in total. The second-order valence-electron chi connectivity index (χ2n) is 8.48. The lowest BCUT2D eigenvalue weighted by atomic mass is 10.1. The van der Waals surface area contributed by atoms with Gasteiger partial charge in [0.2, 0.25) is 0 Å². The Hall–Kier alpha value is -2.76. The van der Waals surface area contributed by atoms with Crippen LogP contribution in [-0.4, -0.2) is 39.1 Å². The molecule has 1 aliphatic heterocycles. The minimum Gasteiger partial charge on any atom is -0.303 e. The van der Waals surface area contributed by atoms with Crippen LogP contribution in [0.5, 0.6) is 0 Å². The number of halogens is 2. The van der Waals surface area contributed by atoms with Crippen LogP contribution in [0, 0.1) is 5.82 Å². The second-order valence-corrected chi connectivity index (χ2v) is 8.89. The van der Waals surface area contributed by atoms with Crippen LogP contribution in [0.25, 0.3) is 16.9 Å². The fourth-order valence-corrected chi connectivity index (χ4v) is 4.60. The SMILES string of the molecule is Fc1ccc(-c2cccc3nc(Cc4ccc(CCCN5CCCC5)cc4)nn23)cc1Cl. The van der Waals surface area contributed by atoms with E-state index in [2.05, 4.69) is 34.1 Å². The van der Waals surface area contributed by atoms with Crippen molar-refractivity contribution in [2.24, 2.45) is 0 Å². The van der Waals surface area contributed by atoms with Crippen LogP contribution >= 0.6 is 11.6 Å². The molecule has 0 atom stereocenters. The Morgan fingerprint density at radius 2 is 1.72 bits per heavy atom. The molecule has 0 radical (unpaired) electrons. The zero-order valence-electron chi connectivity index (χ0n) is 18.0. The Kier molecular flexibility index (Phi) is 6.19. The minimum atomic E-state index is -0.429. The maximum Gasteiger partial charge on any atom is 0.156 e. The van der Waals surface area contributed by atoms with Gasteiger partial charge >= 0.3 is 0 Å². The Bertz CT molecular complexity index is 1210. The van der Waals surface area contributed by atoms with Gasteiger partial charge in [-0.2, -0.15) is 5.10 Å². The molecule has 0 N–H and O–H groups in total. The third-order valence-corrected chi connectivity index (χ3v) is 6.43. The van der Waals surface area contributed by atoms with E-state index in [0.29, 0.717) is 6.42 Å². The minimum absolute atomic E-state index is 0.0976. The number of pyridine rings is 1. The molecule has 0 saturated carbocycles. The molecule has 164 valence electrons. The number of fused-ring (bicyclic) bond motifs is 1. The zero-order valence-corrected chi connectivity index (χ0v) is 18.7. The topological polar surface area (TPSA) is 33.4 Å². The zero-order chi connectivity index (χ0) is 21.9. The van der Waals surface area contributed by atoms with Gasteiger partial charge in [-0.1, -0.05) is 41.9 Å². The van der Waals surface area contributed by atoms with E-state index in [9.17, 15) is 4.39 Å². The maximum atomic E-state index is 13.6. The lowest BCUT2D eigenvalue weighted by molar-refractivity contribution is 0.334. The van der Waals surface area contributed by atoms with Gasteiger partial charge in [0.1, 0.15) is 5.82 Å². The highest BCUT2D eigenvalue weighted by molar-refractivity contribution is 6.31. The number of hydrogen-bond acceptors (Lipinski definition) is 3. The fourth-order valence-electron chi connectivity index (χ4n) is 4.42. The monoisotopic (exact) mass is 448 g/mol. The van der Waals surface area contributed by atoms with Gasteiger partial charge in [0.05, 0.1) is 10.7 Å². The smallest absolute Gasteiger partial charge is 0.156 e. The van der Waals surface area contributed by atoms with Crippen molar-refractivity contribution < 1.29 is 4.39 Å². The highest BCUT2D eigenvalue weighted by Crippen LogP contribution is 2.25. The van der Waals surface area contributed by atoms with Crippen LogP contribution in [0.4, 0.5) is 4.39 Å². The molecule has 1 fully saturated rings. The molecule has 0 spiro atoms. The lowest BCUT2D eigenvalue weighted by Crippen LogP contribution is -2.20. The van der Waals surface area contributed by atoms with Gasteiger partial charge < -0.3 is 4.90 Å². The average Bonchev–Trinajstić information content (AvgIpc) is 3.46. The number of nitrogens with zero attached hydrogens (tertiary/aromatic N) is 4. The van der Waals surface area contributed by atoms with Crippen LogP contribution in [0.1, 0.15) is 36.2 Å². The first-order valence-corrected chi connectivity index (χ1v) is 11.6. The molecule has 2 aromatic heterocycles. The summed E-state index contributed by atoms with van der Waals surface area (Å²) in [6.07, 6.45) is 5.70. The normalized spacial score (nSPS) is 14.4. The number of likely N-dealkylation sites (tertiary alicyclic amines) is 1. The lowest BCUT2D eigenvalue weighted by Gasteiger charge is -2.13. The van der Waals surface area contributed by atoms with Crippen LogP contribution < -0.4 is 0 Å². The van der Waals surface area contributed by atoms with E-state index in [0.717, 1.165) is 29.1 Å². The second kappa shape index (κ2) is 9.39. The number of aromatic nitrogens is 3. The van der Waals surface area contributed by atoms with Gasteiger partial charge in [-0.05, 0) is 86.8 Å². The van der Waals surface area contributed by atoms with Gasteiger partial charge in [0.15, 0.2) is 11.5 Å². The fraction of sp³-hybridized carbons (Fsp3) is 0.308. The highest BCUT2D eigenvalue weighted by atomic mass is 35.5. The molecule has 4 aromatic rings. The van der Waals surface area contributed by atoms with E-state index in [-0.39, 0.29) is 5.02 Å². The van der Waals surface area contributed by atoms with Gasteiger partial charge in [-0.3, -0.25) is 0 Å². The van der Waals surface area contributed by atoms with Crippen molar-refractivity contribution in [3.8, 4) is 11.3 Å². The largest absolute Gasteiger partial charge is 0.303 e. The van der Waals surface area contributed by atoms with Crippen molar-refractivity contribution in [1.82, 2.24) is 19.5 Å². The van der Waals surface area contributed by atoms with Crippen LogP contribution in [0.15, 0.2) is 60.7 Å². The number of hydrogen-bond donors (Lipinski definition) is 0. The highest BCUT2D eigenvalue weighted by Gasteiger charge is 2.12. The maximum absolute atomic E-state index is 13.6. The van der Waals surface area contributed by atoms with E-state index < -0.39 is 5.82 Å². The summed E-state index contributed by atoms with van der Waals surface area (Å²) in [6, 6.07) is 19.3. The Balaban J connectivity index is 1.28. The first kappa shape index (κ1) is 21.1. The molecule has 3 heterocycles. The van der Waals surface area contributed by atoms with Crippen molar-refractivity contribution in [2.75, 3.05) is 19.6 Å². The van der Waals surface area contributed by atoms with Crippen LogP contribution in [0.3, 0.4) is 0 Å². The molecule has 1 saturated heterocycles. The molecular weight excluding hydrogens is 423 g/mol. The van der Waals surface area contributed by atoms with E-state index in [1.165, 1.54) is 56.1 Å². The Morgan fingerprint density at radius 3 is 2.50 bits per heavy atom. The van der Waals surface area contributed by atoms with E-state index >= 15 is 0 Å². The summed E-state index contributed by atoms with van der Waals surface area (Å²) < 4.78 is 15.4. The van der Waals surface area contributed by atoms with Crippen molar-refractivity contribution in [3.63, 3.8) is 0 Å². The van der Waals surface area contributed by atoms with Gasteiger partial charge in [0, 0.05) is 12.0 Å². The first-order valence-electron chi connectivity index (χ1n) is 11.3. The van der Waals surface area contributed by atoms with E-state index in [1.54, 1.807) is 16.6 Å². The summed E-state index contributed by atoms with van der Waals surface area (Å²) in [6.45, 7) is 3.73. The van der Waals surface area contributed by atoms with Crippen molar-refractivity contribution in [1.29, 1.82) is 0 Å². The molecule has 6 heteroatoms. The predicted octanol–water partition coefficient (Wildman–Crippen LogP) is 5.81. The Labute approximate surface area is 192 Å². The van der Waals surface area contributed by atoms with E-state index in [4.69, 9.17) is 16.7 Å². The summed E-state index contributed by atoms with van der Waals surface area (Å²) in [4.78, 5) is 7.26. The van der Waals surface area contributed by atoms with Gasteiger partial charge in [-0.25, -0.2) is 13.9 Å². The van der Waals surface area contributed by atoms with Crippen LogP contribution in [-0.2, 0) is 12.8 Å². The quantitative estimate of drug-likeness (QED) is 0.358. The molecule has 0 unspecified atom stereocenters.